The van der Waals surface area contributed by atoms with E-state index in [1.807, 2.05) is 0 Å². The molecule has 2 aromatic heterocycles. The van der Waals surface area contributed by atoms with Gasteiger partial charge in [-0.3, -0.25) is 0 Å². The van der Waals surface area contributed by atoms with E-state index in [-0.39, 0.29) is 13.0 Å². The van der Waals surface area contributed by atoms with Gasteiger partial charge in [-0.2, -0.15) is 4.68 Å². The molecule has 0 saturated carbocycles. The lowest BCUT2D eigenvalue weighted by atomic mass is 10.1. The van der Waals surface area contributed by atoms with E-state index in [1.54, 1.807) is 6.07 Å². The van der Waals surface area contributed by atoms with E-state index in [0.717, 1.165) is 6.29 Å². The summed E-state index contributed by atoms with van der Waals surface area (Å²) in [6, 6.07) is 1.65. The van der Waals surface area contributed by atoms with Gasteiger partial charge in [0, 0.05) is 12.6 Å². The number of aliphatic hydroxyl groups excluding tert-OH is 1. The predicted octanol–water partition coefficient (Wildman–Crippen LogP) is -0.709. The van der Waals surface area contributed by atoms with E-state index in [9.17, 15) is 4.79 Å². The highest BCUT2D eigenvalue weighted by molar-refractivity contribution is 5.56. The van der Waals surface area contributed by atoms with Crippen LogP contribution in [-0.2, 0) is 17.8 Å². The second-order valence-corrected chi connectivity index (χ2v) is 3.09. The van der Waals surface area contributed by atoms with E-state index in [0.29, 0.717) is 16.9 Å². The summed E-state index contributed by atoms with van der Waals surface area (Å²) in [6.45, 7) is -0.152. The number of carbonyl (C=O) groups excluding carboxylic acids is 1. The monoisotopic (exact) mass is 219 g/mol. The van der Waals surface area contributed by atoms with Crippen LogP contribution in [0.2, 0.25) is 0 Å². The van der Waals surface area contributed by atoms with Crippen molar-refractivity contribution in [2.75, 3.05) is 0 Å². The number of hydrogen-bond acceptors (Lipinski definition) is 6. The molecule has 0 aliphatic rings. The van der Waals surface area contributed by atoms with E-state index in [1.165, 1.54) is 17.2 Å². The first-order chi connectivity index (χ1) is 7.85. The van der Waals surface area contributed by atoms with Gasteiger partial charge in [0.1, 0.15) is 12.6 Å². The molecule has 2 rings (SSSR count). The smallest absolute Gasteiger partial charge is 0.157 e. The number of aldehydes is 1. The summed E-state index contributed by atoms with van der Waals surface area (Å²) < 4.78 is 1.38. The minimum absolute atomic E-state index is 0.152. The second kappa shape index (κ2) is 4.58. The average molecular weight is 219 g/mol. The van der Waals surface area contributed by atoms with Crippen LogP contribution in [0.5, 0.6) is 0 Å². The summed E-state index contributed by atoms with van der Waals surface area (Å²) in [7, 11) is 0. The number of nitrogens with zero attached hydrogens (tertiary/aromatic N) is 5. The maximum atomic E-state index is 10.4. The highest BCUT2D eigenvalue weighted by Crippen LogP contribution is 2.11. The lowest BCUT2D eigenvalue weighted by molar-refractivity contribution is -0.107. The van der Waals surface area contributed by atoms with Crippen LogP contribution in [0.25, 0.3) is 5.82 Å². The van der Waals surface area contributed by atoms with Crippen molar-refractivity contribution < 1.29 is 9.90 Å². The minimum Gasteiger partial charge on any atom is -0.392 e. The highest BCUT2D eigenvalue weighted by Gasteiger charge is 2.06. The molecule has 0 saturated heterocycles. The van der Waals surface area contributed by atoms with E-state index in [2.05, 4.69) is 20.5 Å². The molecule has 0 atom stereocenters. The summed E-state index contributed by atoms with van der Waals surface area (Å²) in [4.78, 5) is 14.5. The van der Waals surface area contributed by atoms with Crippen molar-refractivity contribution in [3.05, 3.63) is 29.7 Å². The molecule has 7 nitrogen and oxygen atoms in total. The number of pyridine rings is 1. The number of rotatable bonds is 4. The zero-order valence-corrected chi connectivity index (χ0v) is 8.32. The number of hydrogen-bond donors (Lipinski definition) is 1. The van der Waals surface area contributed by atoms with Crippen LogP contribution in [0.4, 0.5) is 0 Å². The number of aliphatic hydroxyl groups is 1. The molecular formula is C9H9N5O2. The minimum atomic E-state index is -0.152. The number of aromatic nitrogens is 5. The molecular weight excluding hydrogens is 210 g/mol. The van der Waals surface area contributed by atoms with Crippen molar-refractivity contribution in [1.29, 1.82) is 0 Å². The first-order valence-electron chi connectivity index (χ1n) is 4.61. The van der Waals surface area contributed by atoms with Gasteiger partial charge in [-0.25, -0.2) is 4.98 Å². The standard InChI is InChI=1S/C9H9N5O2/c15-2-1-7-4-10-9(3-8(7)5-16)14-6-11-12-13-14/h2-4,6,16H,1,5H2. The maximum Gasteiger partial charge on any atom is 0.157 e. The van der Waals surface area contributed by atoms with Gasteiger partial charge in [0.15, 0.2) is 5.82 Å². The molecule has 0 bridgehead atoms. The molecule has 0 spiro atoms. The fourth-order valence-electron chi connectivity index (χ4n) is 1.33. The molecule has 0 aliphatic carbocycles. The maximum absolute atomic E-state index is 10.4. The first kappa shape index (κ1) is 10.4. The topological polar surface area (TPSA) is 93.8 Å². The van der Waals surface area contributed by atoms with Crippen LogP contribution < -0.4 is 0 Å². The largest absolute Gasteiger partial charge is 0.392 e. The zero-order chi connectivity index (χ0) is 11.4. The molecule has 7 heteroatoms. The molecule has 0 amide bonds. The summed E-state index contributed by atoms with van der Waals surface area (Å²) >= 11 is 0. The van der Waals surface area contributed by atoms with Gasteiger partial charge in [0.25, 0.3) is 0 Å². The van der Waals surface area contributed by atoms with Crippen LogP contribution >= 0.6 is 0 Å². The Balaban J connectivity index is 2.40. The van der Waals surface area contributed by atoms with E-state index < -0.39 is 0 Å². The number of tetrazole rings is 1. The molecule has 0 aliphatic heterocycles. The molecule has 0 fully saturated rings. The van der Waals surface area contributed by atoms with Gasteiger partial charge < -0.3 is 9.90 Å². The van der Waals surface area contributed by atoms with Crippen molar-refractivity contribution in [2.45, 2.75) is 13.0 Å². The third-order valence-corrected chi connectivity index (χ3v) is 2.13. The van der Waals surface area contributed by atoms with Crippen LogP contribution in [0, 0.1) is 0 Å². The Bertz CT molecular complexity index is 483. The van der Waals surface area contributed by atoms with E-state index in [4.69, 9.17) is 5.11 Å². The van der Waals surface area contributed by atoms with Crippen molar-refractivity contribution in [2.24, 2.45) is 0 Å². The van der Waals surface area contributed by atoms with Crippen LogP contribution in [0.3, 0.4) is 0 Å². The number of carbonyl (C=O) groups is 1. The summed E-state index contributed by atoms with van der Waals surface area (Å²) in [5.74, 6) is 0.503. The van der Waals surface area contributed by atoms with Crippen molar-refractivity contribution in [3.8, 4) is 5.82 Å². The Morgan fingerprint density at radius 3 is 2.94 bits per heavy atom. The zero-order valence-electron chi connectivity index (χ0n) is 8.32. The van der Waals surface area contributed by atoms with Crippen LogP contribution in [0.1, 0.15) is 11.1 Å². The lowest BCUT2D eigenvalue weighted by Crippen LogP contribution is -2.03. The molecule has 0 radical (unpaired) electrons. The molecule has 0 unspecified atom stereocenters. The molecule has 1 N–H and O–H groups in total. The fourth-order valence-corrected chi connectivity index (χ4v) is 1.33. The molecule has 2 aromatic rings. The highest BCUT2D eigenvalue weighted by atomic mass is 16.3. The Morgan fingerprint density at radius 1 is 1.44 bits per heavy atom. The Morgan fingerprint density at radius 2 is 2.31 bits per heavy atom. The van der Waals surface area contributed by atoms with Gasteiger partial charge in [-0.15, -0.1) is 5.10 Å². The van der Waals surface area contributed by atoms with Crippen molar-refractivity contribution in [3.63, 3.8) is 0 Å². The van der Waals surface area contributed by atoms with Crippen LogP contribution in [-0.4, -0.2) is 36.6 Å². The van der Waals surface area contributed by atoms with E-state index >= 15 is 0 Å². The Labute approximate surface area is 90.7 Å². The molecule has 16 heavy (non-hydrogen) atoms. The quantitative estimate of drug-likeness (QED) is 0.683. The summed E-state index contributed by atoms with van der Waals surface area (Å²) in [5.41, 5.74) is 1.35. The second-order valence-electron chi connectivity index (χ2n) is 3.09. The van der Waals surface area contributed by atoms with Crippen molar-refractivity contribution in [1.82, 2.24) is 25.2 Å². The normalized spacial score (nSPS) is 10.3. The molecule has 2 heterocycles. The van der Waals surface area contributed by atoms with Crippen molar-refractivity contribution >= 4 is 6.29 Å². The summed E-state index contributed by atoms with van der Waals surface area (Å²) in [6.07, 6.45) is 3.95. The summed E-state index contributed by atoms with van der Waals surface area (Å²) in [5, 5.41) is 19.8. The van der Waals surface area contributed by atoms with Gasteiger partial charge in [-0.05, 0) is 27.6 Å². The van der Waals surface area contributed by atoms with Crippen LogP contribution in [0.15, 0.2) is 18.6 Å². The Hall–Kier alpha value is -2.15. The first-order valence-corrected chi connectivity index (χ1v) is 4.61. The fraction of sp³-hybridized carbons (Fsp3) is 0.222. The average Bonchev–Trinajstić information content (AvgIpc) is 2.83. The van der Waals surface area contributed by atoms with Gasteiger partial charge in [-0.1, -0.05) is 0 Å². The predicted molar refractivity (Wildman–Crippen MR) is 52.6 cm³/mol. The lowest BCUT2D eigenvalue weighted by Gasteiger charge is -2.05. The third kappa shape index (κ3) is 1.94. The van der Waals surface area contributed by atoms with Gasteiger partial charge >= 0.3 is 0 Å². The molecule has 82 valence electrons. The van der Waals surface area contributed by atoms with Gasteiger partial charge in [0.2, 0.25) is 0 Å². The third-order valence-electron chi connectivity index (χ3n) is 2.13. The Kier molecular flexibility index (Phi) is 2.97. The SMILES string of the molecule is O=CCc1cnc(-n2cnnn2)cc1CO. The van der Waals surface area contributed by atoms with Gasteiger partial charge in [0.05, 0.1) is 6.61 Å². The molecule has 0 aromatic carbocycles.